The molecule has 0 bridgehead atoms. The number of nitrogens with zero attached hydrogens (tertiary/aromatic N) is 1. The molecule has 112 valence electrons. The molecular weight excluding hydrogens is 322 g/mol. The molecule has 1 N–H and O–H groups in total. The van der Waals surface area contributed by atoms with E-state index < -0.39 is 5.82 Å². The van der Waals surface area contributed by atoms with Crippen LogP contribution in [0.2, 0.25) is 5.15 Å². The maximum absolute atomic E-state index is 13.8. The Morgan fingerprint density at radius 1 is 1.38 bits per heavy atom. The molecule has 0 aliphatic carbocycles. The Hall–Kier alpha value is -2.05. The first-order valence-corrected chi connectivity index (χ1v) is 5.97. The number of amides is 1. The minimum atomic E-state index is -0.647. The molecule has 2 aromatic rings. The summed E-state index contributed by atoms with van der Waals surface area (Å²) in [6.07, 6.45) is 1.15. The van der Waals surface area contributed by atoms with E-state index in [1.54, 1.807) is 0 Å². The van der Waals surface area contributed by atoms with E-state index in [1.165, 1.54) is 31.2 Å². The van der Waals surface area contributed by atoms with Crippen LogP contribution in [0.3, 0.4) is 0 Å². The van der Waals surface area contributed by atoms with Gasteiger partial charge in [-0.2, -0.15) is 4.73 Å². The van der Waals surface area contributed by atoms with Gasteiger partial charge >= 0.3 is 0 Å². The van der Waals surface area contributed by atoms with Crippen molar-refractivity contribution >= 4 is 35.6 Å². The number of hydrogen-bond donors (Lipinski definition) is 1. The number of pyridine rings is 1. The molecule has 0 atom stereocenters. The summed E-state index contributed by atoms with van der Waals surface area (Å²) >= 11 is 5.63. The molecule has 0 saturated carbocycles. The SMILES string of the molecule is CC(=O)Nc1ccc(Oc2cc[n+]([O-])c(Cl)c2)c(F)c1.Cl. The van der Waals surface area contributed by atoms with Crippen LogP contribution in [0.5, 0.6) is 11.5 Å². The van der Waals surface area contributed by atoms with Crippen molar-refractivity contribution in [3.63, 3.8) is 0 Å². The highest BCUT2D eigenvalue weighted by Gasteiger charge is 2.09. The Morgan fingerprint density at radius 2 is 2.10 bits per heavy atom. The molecule has 0 fully saturated rings. The van der Waals surface area contributed by atoms with Gasteiger partial charge in [-0.15, -0.1) is 12.4 Å². The van der Waals surface area contributed by atoms with E-state index in [9.17, 15) is 14.4 Å². The summed E-state index contributed by atoms with van der Waals surface area (Å²) in [5.74, 6) is -0.758. The molecule has 0 aliphatic rings. The Kier molecular flexibility index (Phi) is 5.75. The van der Waals surface area contributed by atoms with E-state index in [4.69, 9.17) is 16.3 Å². The summed E-state index contributed by atoms with van der Waals surface area (Å²) in [4.78, 5) is 10.9. The van der Waals surface area contributed by atoms with E-state index in [-0.39, 0.29) is 35.0 Å². The summed E-state index contributed by atoms with van der Waals surface area (Å²) in [5.41, 5.74) is 0.325. The molecule has 21 heavy (non-hydrogen) atoms. The number of ether oxygens (including phenoxy) is 1. The molecule has 2 rings (SSSR count). The van der Waals surface area contributed by atoms with Crippen LogP contribution in [0, 0.1) is 11.0 Å². The van der Waals surface area contributed by atoms with Crippen molar-refractivity contribution in [2.75, 3.05) is 5.32 Å². The third-order valence-electron chi connectivity index (χ3n) is 2.33. The maximum Gasteiger partial charge on any atom is 0.289 e. The Morgan fingerprint density at radius 3 is 2.67 bits per heavy atom. The van der Waals surface area contributed by atoms with Gasteiger partial charge in [-0.3, -0.25) is 4.79 Å². The molecule has 5 nitrogen and oxygen atoms in total. The lowest BCUT2D eigenvalue weighted by atomic mass is 10.3. The molecule has 1 heterocycles. The van der Waals surface area contributed by atoms with Gasteiger partial charge in [0, 0.05) is 24.7 Å². The number of rotatable bonds is 3. The molecule has 0 saturated heterocycles. The fraction of sp³-hybridized carbons (Fsp3) is 0.0769. The lowest BCUT2D eigenvalue weighted by Crippen LogP contribution is -2.26. The summed E-state index contributed by atoms with van der Waals surface area (Å²) < 4.78 is 19.5. The van der Waals surface area contributed by atoms with Crippen LogP contribution < -0.4 is 14.8 Å². The van der Waals surface area contributed by atoms with Gasteiger partial charge in [0.2, 0.25) is 5.91 Å². The van der Waals surface area contributed by atoms with Gasteiger partial charge < -0.3 is 15.3 Å². The van der Waals surface area contributed by atoms with Crippen LogP contribution in [-0.2, 0) is 4.79 Å². The largest absolute Gasteiger partial charge is 0.618 e. The van der Waals surface area contributed by atoms with Crippen LogP contribution in [0.25, 0.3) is 0 Å². The molecular formula is C13H11Cl2FN2O3. The fourth-order valence-corrected chi connectivity index (χ4v) is 1.66. The van der Waals surface area contributed by atoms with Gasteiger partial charge in [0.25, 0.3) is 5.15 Å². The number of hydrogen-bond acceptors (Lipinski definition) is 3. The number of halogens is 3. The minimum Gasteiger partial charge on any atom is -0.618 e. The third kappa shape index (κ3) is 4.47. The summed E-state index contributed by atoms with van der Waals surface area (Å²) in [6, 6.07) is 6.63. The molecule has 0 radical (unpaired) electrons. The van der Waals surface area contributed by atoms with E-state index in [0.717, 1.165) is 12.3 Å². The molecule has 0 aliphatic heterocycles. The zero-order chi connectivity index (χ0) is 14.7. The monoisotopic (exact) mass is 332 g/mol. The maximum atomic E-state index is 13.8. The van der Waals surface area contributed by atoms with Gasteiger partial charge in [0.1, 0.15) is 5.75 Å². The first-order valence-electron chi connectivity index (χ1n) is 5.59. The van der Waals surface area contributed by atoms with E-state index in [2.05, 4.69) is 5.32 Å². The van der Waals surface area contributed by atoms with Crippen LogP contribution in [0.15, 0.2) is 36.5 Å². The Labute approximate surface area is 131 Å². The van der Waals surface area contributed by atoms with Gasteiger partial charge in [0.15, 0.2) is 17.8 Å². The molecule has 0 spiro atoms. The van der Waals surface area contributed by atoms with E-state index in [1.807, 2.05) is 0 Å². The molecule has 1 amide bonds. The molecule has 1 aromatic carbocycles. The predicted molar refractivity (Wildman–Crippen MR) is 78.4 cm³/mol. The smallest absolute Gasteiger partial charge is 0.289 e. The van der Waals surface area contributed by atoms with Crippen molar-refractivity contribution in [3.8, 4) is 11.5 Å². The first-order chi connectivity index (χ1) is 9.45. The average Bonchev–Trinajstić information content (AvgIpc) is 2.36. The van der Waals surface area contributed by atoms with Crippen LogP contribution in [0.1, 0.15) is 6.92 Å². The van der Waals surface area contributed by atoms with Crippen molar-refractivity contribution < 1.29 is 18.7 Å². The first kappa shape index (κ1) is 17.0. The molecule has 8 heteroatoms. The summed E-state index contributed by atoms with van der Waals surface area (Å²) in [5, 5.41) is 13.4. The summed E-state index contributed by atoms with van der Waals surface area (Å²) in [7, 11) is 0. The van der Waals surface area contributed by atoms with E-state index >= 15 is 0 Å². The standard InChI is InChI=1S/C13H10ClFN2O3.ClH/c1-8(18)16-9-2-3-12(11(15)6-9)20-10-4-5-17(19)13(14)7-10;/h2-7H,1H3,(H,16,18);1H. The average molecular weight is 333 g/mol. The highest BCUT2D eigenvalue weighted by Crippen LogP contribution is 2.27. The number of carbonyl (C=O) groups excluding carboxylic acids is 1. The quantitative estimate of drug-likeness (QED) is 0.533. The molecule has 1 aromatic heterocycles. The summed E-state index contributed by atoms with van der Waals surface area (Å²) in [6.45, 7) is 1.33. The normalized spacial score (nSPS) is 9.67. The van der Waals surface area contributed by atoms with E-state index in [0.29, 0.717) is 10.4 Å². The Balaban J connectivity index is 0.00000220. The second kappa shape index (κ2) is 7.10. The van der Waals surface area contributed by atoms with Crippen molar-refractivity contribution in [3.05, 3.63) is 52.7 Å². The number of anilines is 1. The second-order valence-corrected chi connectivity index (χ2v) is 4.33. The van der Waals surface area contributed by atoms with Crippen LogP contribution in [-0.4, -0.2) is 5.91 Å². The number of benzene rings is 1. The van der Waals surface area contributed by atoms with Crippen LogP contribution in [0.4, 0.5) is 10.1 Å². The second-order valence-electron chi connectivity index (χ2n) is 3.94. The Bertz CT molecular complexity index is 668. The topological polar surface area (TPSA) is 65.3 Å². The lowest BCUT2D eigenvalue weighted by molar-refractivity contribution is -0.603. The number of carbonyl (C=O) groups is 1. The van der Waals surface area contributed by atoms with Gasteiger partial charge in [-0.25, -0.2) is 4.39 Å². The van der Waals surface area contributed by atoms with Crippen LogP contribution >= 0.6 is 24.0 Å². The predicted octanol–water partition coefficient (Wildman–Crippen LogP) is 3.29. The van der Waals surface area contributed by atoms with Gasteiger partial charge in [0.05, 0.1) is 6.07 Å². The van der Waals surface area contributed by atoms with Gasteiger partial charge in [-0.1, -0.05) is 0 Å². The van der Waals surface area contributed by atoms with Crippen molar-refractivity contribution in [1.29, 1.82) is 0 Å². The van der Waals surface area contributed by atoms with Crippen molar-refractivity contribution in [2.45, 2.75) is 6.92 Å². The number of nitrogens with one attached hydrogen (secondary N) is 1. The number of aromatic nitrogens is 1. The zero-order valence-electron chi connectivity index (χ0n) is 10.8. The minimum absolute atomic E-state index is 0. The highest BCUT2D eigenvalue weighted by molar-refractivity contribution is 6.28. The van der Waals surface area contributed by atoms with Crippen molar-refractivity contribution in [1.82, 2.24) is 0 Å². The lowest BCUT2D eigenvalue weighted by Gasteiger charge is -2.08. The fourth-order valence-electron chi connectivity index (χ4n) is 1.50. The molecule has 0 unspecified atom stereocenters. The zero-order valence-corrected chi connectivity index (χ0v) is 12.4. The third-order valence-corrected chi connectivity index (χ3v) is 2.60. The van der Waals surface area contributed by atoms with Crippen molar-refractivity contribution in [2.24, 2.45) is 0 Å². The highest BCUT2D eigenvalue weighted by atomic mass is 35.5. The van der Waals surface area contributed by atoms with Gasteiger partial charge in [-0.05, 0) is 23.7 Å².